The minimum absolute atomic E-state index is 0.000864. The number of para-hydroxylation sites is 1. The van der Waals surface area contributed by atoms with E-state index in [1.54, 1.807) is 0 Å². The highest BCUT2D eigenvalue weighted by Crippen LogP contribution is 2.45. The lowest BCUT2D eigenvalue weighted by molar-refractivity contribution is -0.158. The number of pyridine rings is 1. The van der Waals surface area contributed by atoms with Gasteiger partial charge >= 0.3 is 5.97 Å². The van der Waals surface area contributed by atoms with E-state index < -0.39 is 6.10 Å². The van der Waals surface area contributed by atoms with Gasteiger partial charge in [0.05, 0.1) is 24.0 Å². The standard InChI is InChI=1S/C34H44N2O4/c1-5-22(3)34(39)40-31-15-21(2)14-26-11-10-23(4)29(33(26)31)13-12-27-17-28(37)18-32(38)36(27)20-24-16-25-8-6-7-9-30(25)35-19-24/h6-11,14,16,19,21-23,27-29,31,33,37H,5,12-13,15,17-18,20H2,1-4H3/t21?,22-,23-,27?,28+,29-,31-,33-/m0/s1. The normalized spacial score (nSPS) is 31.0. The number of piperidine rings is 1. The highest BCUT2D eigenvalue weighted by Gasteiger charge is 2.42. The van der Waals surface area contributed by atoms with Gasteiger partial charge in [-0.3, -0.25) is 14.6 Å². The van der Waals surface area contributed by atoms with Crippen molar-refractivity contribution in [3.8, 4) is 0 Å². The number of aromatic nitrogens is 1. The van der Waals surface area contributed by atoms with E-state index in [0.717, 1.165) is 42.1 Å². The summed E-state index contributed by atoms with van der Waals surface area (Å²) < 4.78 is 6.20. The summed E-state index contributed by atoms with van der Waals surface area (Å²) in [6.07, 6.45) is 12.1. The molecule has 40 heavy (non-hydrogen) atoms. The average Bonchev–Trinajstić information content (AvgIpc) is 2.93. The van der Waals surface area contributed by atoms with E-state index in [-0.39, 0.29) is 42.3 Å². The van der Waals surface area contributed by atoms with Gasteiger partial charge in [-0.05, 0) is 73.1 Å². The van der Waals surface area contributed by atoms with Gasteiger partial charge in [0.15, 0.2) is 0 Å². The van der Waals surface area contributed by atoms with Crippen molar-refractivity contribution < 1.29 is 19.4 Å². The van der Waals surface area contributed by atoms with Crippen LogP contribution in [0.15, 0.2) is 60.3 Å². The molecule has 1 amide bonds. The molecule has 1 fully saturated rings. The molecule has 2 heterocycles. The number of rotatable bonds is 8. The number of fused-ring (bicyclic) bond motifs is 2. The van der Waals surface area contributed by atoms with Crippen LogP contribution in [0.5, 0.6) is 0 Å². The van der Waals surface area contributed by atoms with Gasteiger partial charge in [0.25, 0.3) is 0 Å². The second kappa shape index (κ2) is 12.3. The number of benzene rings is 1. The van der Waals surface area contributed by atoms with Crippen LogP contribution in [0.25, 0.3) is 10.9 Å². The van der Waals surface area contributed by atoms with Gasteiger partial charge in [-0.25, -0.2) is 0 Å². The van der Waals surface area contributed by atoms with Crippen molar-refractivity contribution in [1.82, 2.24) is 9.88 Å². The highest BCUT2D eigenvalue weighted by molar-refractivity contribution is 5.80. The molecule has 0 saturated carbocycles. The second-order valence-electron chi connectivity index (χ2n) is 12.5. The molecule has 8 atom stereocenters. The zero-order valence-corrected chi connectivity index (χ0v) is 24.3. The Kier molecular flexibility index (Phi) is 8.74. The largest absolute Gasteiger partial charge is 0.461 e. The maximum Gasteiger partial charge on any atom is 0.308 e. The molecule has 1 aromatic carbocycles. The molecule has 1 aromatic heterocycles. The molecular weight excluding hydrogens is 500 g/mol. The Balaban J connectivity index is 1.34. The van der Waals surface area contributed by atoms with Crippen molar-refractivity contribution in [2.75, 3.05) is 0 Å². The summed E-state index contributed by atoms with van der Waals surface area (Å²) in [5.74, 6) is 0.953. The second-order valence-corrected chi connectivity index (χ2v) is 12.5. The van der Waals surface area contributed by atoms with Gasteiger partial charge in [-0.2, -0.15) is 0 Å². The minimum Gasteiger partial charge on any atom is -0.461 e. The van der Waals surface area contributed by atoms with Gasteiger partial charge in [-0.15, -0.1) is 0 Å². The smallest absolute Gasteiger partial charge is 0.308 e. The lowest BCUT2D eigenvalue weighted by Gasteiger charge is -2.44. The number of allylic oxidation sites excluding steroid dienone is 3. The Labute approximate surface area is 238 Å². The third kappa shape index (κ3) is 6.17. The highest BCUT2D eigenvalue weighted by atomic mass is 16.5. The van der Waals surface area contributed by atoms with Crippen LogP contribution < -0.4 is 0 Å². The van der Waals surface area contributed by atoms with Crippen molar-refractivity contribution in [1.29, 1.82) is 0 Å². The first kappa shape index (κ1) is 28.5. The van der Waals surface area contributed by atoms with Gasteiger partial charge in [-0.1, -0.05) is 64.1 Å². The molecular formula is C34H44N2O4. The Bertz CT molecular complexity index is 1290. The van der Waals surface area contributed by atoms with E-state index in [0.29, 0.717) is 30.7 Å². The van der Waals surface area contributed by atoms with E-state index >= 15 is 0 Å². The first-order valence-corrected chi connectivity index (χ1v) is 15.1. The van der Waals surface area contributed by atoms with Gasteiger partial charge < -0.3 is 14.7 Å². The predicted octanol–water partition coefficient (Wildman–Crippen LogP) is 6.23. The molecule has 0 spiro atoms. The van der Waals surface area contributed by atoms with E-state index in [9.17, 15) is 14.7 Å². The number of carbonyl (C=O) groups is 2. The molecule has 214 valence electrons. The number of nitrogens with zero attached hydrogens (tertiary/aromatic N) is 2. The zero-order chi connectivity index (χ0) is 28.4. The van der Waals surface area contributed by atoms with Crippen molar-refractivity contribution in [2.45, 2.75) is 91.0 Å². The van der Waals surface area contributed by atoms with E-state index in [4.69, 9.17) is 4.74 Å². The number of likely N-dealkylation sites (tertiary alicyclic amines) is 1. The van der Waals surface area contributed by atoms with E-state index in [1.165, 1.54) is 5.57 Å². The number of esters is 1. The maximum absolute atomic E-state index is 13.2. The Morgan fingerprint density at radius 3 is 2.80 bits per heavy atom. The number of amides is 1. The summed E-state index contributed by atoms with van der Waals surface area (Å²) in [6.45, 7) is 8.91. The van der Waals surface area contributed by atoms with Crippen LogP contribution in [0.3, 0.4) is 0 Å². The molecule has 0 radical (unpaired) electrons. The van der Waals surface area contributed by atoms with Gasteiger partial charge in [0.1, 0.15) is 6.10 Å². The first-order chi connectivity index (χ1) is 19.2. The summed E-state index contributed by atoms with van der Waals surface area (Å²) in [7, 11) is 0. The lowest BCUT2D eigenvalue weighted by Crippen LogP contribution is -2.48. The molecule has 2 unspecified atom stereocenters. The molecule has 1 saturated heterocycles. The number of hydrogen-bond acceptors (Lipinski definition) is 5. The monoisotopic (exact) mass is 544 g/mol. The maximum atomic E-state index is 13.2. The SMILES string of the molecule is CC[C@H](C)C(=O)O[C@H]1CC(C)C=C2C=C[C@H](C)[C@H](CCC3C[C@@H](O)CC(=O)N3Cc3cnc4ccccc4c3)[C@H]21. The Morgan fingerprint density at radius 2 is 2.00 bits per heavy atom. The van der Waals surface area contributed by atoms with Crippen LogP contribution in [0.2, 0.25) is 0 Å². The molecule has 1 N–H and O–H groups in total. The summed E-state index contributed by atoms with van der Waals surface area (Å²) >= 11 is 0. The molecule has 1 aliphatic heterocycles. The Morgan fingerprint density at radius 1 is 1.20 bits per heavy atom. The number of aliphatic hydroxyl groups is 1. The van der Waals surface area contributed by atoms with Crippen molar-refractivity contribution in [2.24, 2.45) is 29.6 Å². The summed E-state index contributed by atoms with van der Waals surface area (Å²) in [6, 6.07) is 10.1. The quantitative estimate of drug-likeness (QED) is 0.399. The van der Waals surface area contributed by atoms with Crippen LogP contribution in [0, 0.1) is 29.6 Å². The topological polar surface area (TPSA) is 79.7 Å². The van der Waals surface area contributed by atoms with Crippen molar-refractivity contribution >= 4 is 22.8 Å². The van der Waals surface area contributed by atoms with E-state index in [1.807, 2.05) is 49.2 Å². The van der Waals surface area contributed by atoms with Crippen molar-refractivity contribution in [3.05, 3.63) is 65.9 Å². The fourth-order valence-electron chi connectivity index (χ4n) is 6.98. The van der Waals surface area contributed by atoms with Gasteiger partial charge in [0.2, 0.25) is 5.91 Å². The fraction of sp³-hybridized carbons (Fsp3) is 0.559. The number of carbonyl (C=O) groups excluding carboxylic acids is 2. The summed E-state index contributed by atoms with van der Waals surface area (Å²) in [4.78, 5) is 32.6. The number of ether oxygens (including phenoxy) is 1. The number of aliphatic hydroxyl groups excluding tert-OH is 1. The zero-order valence-electron chi connectivity index (χ0n) is 24.3. The van der Waals surface area contributed by atoms with Crippen LogP contribution in [0.4, 0.5) is 0 Å². The van der Waals surface area contributed by atoms with Crippen LogP contribution >= 0.6 is 0 Å². The molecule has 3 aliphatic rings. The summed E-state index contributed by atoms with van der Waals surface area (Å²) in [5, 5.41) is 11.6. The van der Waals surface area contributed by atoms with Crippen LogP contribution in [0.1, 0.15) is 71.8 Å². The number of hydrogen-bond donors (Lipinski definition) is 1. The molecule has 6 heteroatoms. The molecule has 6 nitrogen and oxygen atoms in total. The van der Waals surface area contributed by atoms with E-state index in [2.05, 4.69) is 43.1 Å². The molecule has 0 bridgehead atoms. The summed E-state index contributed by atoms with van der Waals surface area (Å²) in [5.41, 5.74) is 3.23. The third-order valence-corrected chi connectivity index (χ3v) is 9.43. The predicted molar refractivity (Wildman–Crippen MR) is 157 cm³/mol. The lowest BCUT2D eigenvalue weighted by atomic mass is 9.65. The van der Waals surface area contributed by atoms with Gasteiger partial charge in [0, 0.05) is 30.1 Å². The average molecular weight is 545 g/mol. The Hall–Kier alpha value is -2.99. The molecule has 5 rings (SSSR count). The molecule has 2 aromatic rings. The third-order valence-electron chi connectivity index (χ3n) is 9.43. The fourth-order valence-corrected chi connectivity index (χ4v) is 6.98. The minimum atomic E-state index is -0.609. The first-order valence-electron chi connectivity index (χ1n) is 15.1. The van der Waals surface area contributed by atoms with Crippen LogP contribution in [-0.2, 0) is 20.9 Å². The molecule has 2 aliphatic carbocycles. The van der Waals surface area contributed by atoms with Crippen molar-refractivity contribution in [3.63, 3.8) is 0 Å². The van der Waals surface area contributed by atoms with Crippen LogP contribution in [-0.4, -0.2) is 45.1 Å².